The van der Waals surface area contributed by atoms with Crippen LogP contribution >= 0.6 is 6.57 Å². The van der Waals surface area contributed by atoms with E-state index in [4.69, 9.17) is 0 Å². The van der Waals surface area contributed by atoms with E-state index < -0.39 is 23.2 Å². The first-order chi connectivity index (χ1) is 10.8. The first-order valence-corrected chi connectivity index (χ1v) is 22.3. The molecule has 0 amide bonds. The summed E-state index contributed by atoms with van der Waals surface area (Å²) in [5.41, 5.74) is 2.64. The molecule has 1 unspecified atom stereocenters. The minimum atomic E-state index is -1.48. The lowest BCUT2D eigenvalue weighted by molar-refractivity contribution is 0.850. The minimum absolute atomic E-state index is 0.129. The highest BCUT2D eigenvalue weighted by Crippen LogP contribution is 2.70. The Hall–Kier alpha value is 0.301. The molecule has 1 atom stereocenters. The largest absolute Gasteiger partial charge is 0.134 e. The molecule has 0 nitrogen and oxygen atoms in total. The van der Waals surface area contributed by atoms with Crippen LogP contribution < -0.4 is 5.19 Å². The molecule has 0 aliphatic carbocycles. The summed E-state index contributed by atoms with van der Waals surface area (Å²) in [5, 5.41) is 1.71. The van der Waals surface area contributed by atoms with Gasteiger partial charge >= 0.3 is 0 Å². The van der Waals surface area contributed by atoms with E-state index in [1.165, 1.54) is 0 Å². The third kappa shape index (κ3) is 4.00. The van der Waals surface area contributed by atoms with Crippen LogP contribution in [0.1, 0.15) is 41.5 Å². The van der Waals surface area contributed by atoms with E-state index >= 15 is 0 Å². The molecule has 0 fully saturated rings. The van der Waals surface area contributed by atoms with Crippen LogP contribution in [0.3, 0.4) is 0 Å². The number of hydrogen-bond acceptors (Lipinski definition) is 0. The zero-order valence-corrected chi connectivity index (χ0v) is 22.0. The highest BCUT2D eigenvalue weighted by Gasteiger charge is 2.58. The summed E-state index contributed by atoms with van der Waals surface area (Å²) in [4.78, 5) is 0. The molecule has 0 spiro atoms. The van der Waals surface area contributed by atoms with Gasteiger partial charge in [-0.3, -0.25) is 0 Å². The molecular formula is C20H41PSi3. The first-order valence-electron chi connectivity index (χ1n) is 9.66. The smallest absolute Gasteiger partial charge is 0.0992 e. The van der Waals surface area contributed by atoms with Crippen molar-refractivity contribution in [2.45, 2.75) is 90.9 Å². The molecule has 0 aliphatic heterocycles. The van der Waals surface area contributed by atoms with Crippen molar-refractivity contribution in [2.75, 3.05) is 0 Å². The van der Waals surface area contributed by atoms with Crippen LogP contribution in [-0.2, 0) is 0 Å². The molecule has 0 N–H and O–H groups in total. The predicted molar refractivity (Wildman–Crippen MR) is 125 cm³/mol. The van der Waals surface area contributed by atoms with Gasteiger partial charge in [-0.15, -0.1) is 6.57 Å². The molecule has 0 saturated heterocycles. The topological polar surface area (TPSA) is 0 Å². The van der Waals surface area contributed by atoms with Gasteiger partial charge in [0.05, 0.1) is 23.2 Å². The van der Waals surface area contributed by atoms with Gasteiger partial charge in [-0.25, -0.2) is 0 Å². The van der Waals surface area contributed by atoms with Gasteiger partial charge in [0, 0.05) is 0 Å². The lowest BCUT2D eigenvalue weighted by Gasteiger charge is -2.59. The molecule has 24 heavy (non-hydrogen) atoms. The second kappa shape index (κ2) is 7.90. The minimum Gasteiger partial charge on any atom is -0.134 e. The zero-order chi connectivity index (χ0) is 18.9. The molecular weight excluding hydrogens is 355 g/mol. The van der Waals surface area contributed by atoms with Gasteiger partial charge in [0.25, 0.3) is 0 Å². The van der Waals surface area contributed by atoms with Crippen molar-refractivity contribution >= 4 is 35.0 Å². The molecule has 138 valence electrons. The first kappa shape index (κ1) is 22.3. The van der Waals surface area contributed by atoms with E-state index in [1.807, 2.05) is 0 Å². The maximum atomic E-state index is 2.71. The van der Waals surface area contributed by atoms with E-state index in [9.17, 15) is 0 Å². The van der Waals surface area contributed by atoms with Crippen molar-refractivity contribution in [3.63, 3.8) is 0 Å². The Balaban J connectivity index is 3.73. The van der Waals surface area contributed by atoms with Gasteiger partial charge in [-0.1, -0.05) is 110 Å². The zero-order valence-electron chi connectivity index (χ0n) is 18.1. The Morgan fingerprint density at radius 1 is 0.667 bits per heavy atom. The van der Waals surface area contributed by atoms with Crippen LogP contribution in [0.25, 0.3) is 0 Å². The molecule has 1 aromatic rings. The number of hydrogen-bond donors (Lipinski definition) is 0. The second-order valence-corrected chi connectivity index (χ2v) is 41.5. The van der Waals surface area contributed by atoms with Crippen molar-refractivity contribution in [2.24, 2.45) is 0 Å². The Labute approximate surface area is 156 Å². The molecule has 1 rings (SSSR count). The monoisotopic (exact) mass is 396 g/mol. The van der Waals surface area contributed by atoms with Gasteiger partial charge in [0.15, 0.2) is 0 Å². The summed E-state index contributed by atoms with van der Waals surface area (Å²) in [5.74, 6) is 0. The molecule has 0 aliphatic rings. The van der Waals surface area contributed by atoms with E-state index in [-0.39, 0.29) is 6.57 Å². The molecule has 0 heterocycles. The maximum absolute atomic E-state index is 2.71. The van der Waals surface area contributed by atoms with Crippen LogP contribution in [0.5, 0.6) is 0 Å². The van der Waals surface area contributed by atoms with Crippen molar-refractivity contribution in [3.8, 4) is 0 Å². The summed E-state index contributed by atoms with van der Waals surface area (Å²) in [6, 6.07) is 11.6. The van der Waals surface area contributed by atoms with Crippen LogP contribution in [0.4, 0.5) is 0 Å². The van der Waals surface area contributed by atoms with Crippen LogP contribution in [0.15, 0.2) is 30.3 Å². The highest BCUT2D eigenvalue weighted by molar-refractivity contribution is 8.38. The van der Waals surface area contributed by atoms with E-state index in [0.717, 1.165) is 16.6 Å². The SMILES string of the molecule is CC(C)[Si](C(C)C)(C(C)C)P([Si](C)(C)C)[Si](C)(C)c1ccccc1. The lowest BCUT2D eigenvalue weighted by atomic mass is 10.4. The normalized spacial score (nSPS) is 15.4. The Morgan fingerprint density at radius 2 is 1.04 bits per heavy atom. The fourth-order valence-corrected chi connectivity index (χ4v) is 84.1. The van der Waals surface area contributed by atoms with E-state index in [1.54, 1.807) is 5.19 Å². The van der Waals surface area contributed by atoms with Crippen molar-refractivity contribution in [1.82, 2.24) is 0 Å². The molecule has 0 radical (unpaired) electrons. The standard InChI is InChI=1S/C20H41PSi3/c1-17(2)24(18(3)4,19(5)6)21(22(7,8)9)23(10,11)20-15-13-12-14-16-20/h12-19H,1-11H3. The fraction of sp³-hybridized carbons (Fsp3) is 0.700. The molecule has 0 bridgehead atoms. The predicted octanol–water partition coefficient (Wildman–Crippen LogP) is 7.59. The number of rotatable bonds is 7. The van der Waals surface area contributed by atoms with E-state index in [2.05, 4.69) is 105 Å². The fourth-order valence-electron chi connectivity index (χ4n) is 5.65. The summed E-state index contributed by atoms with van der Waals surface area (Å²) in [7, 11) is -4.14. The van der Waals surface area contributed by atoms with Crippen LogP contribution in [0, 0.1) is 0 Å². The van der Waals surface area contributed by atoms with Crippen LogP contribution in [-0.4, -0.2) is 23.2 Å². The Morgan fingerprint density at radius 3 is 1.33 bits per heavy atom. The van der Waals surface area contributed by atoms with Gasteiger partial charge in [0.2, 0.25) is 0 Å². The number of benzene rings is 1. The second-order valence-electron chi connectivity index (χ2n) is 9.78. The molecule has 4 heteroatoms. The molecule has 1 aromatic carbocycles. The van der Waals surface area contributed by atoms with Gasteiger partial charge in [-0.05, 0) is 16.6 Å². The van der Waals surface area contributed by atoms with E-state index in [0.29, 0.717) is 0 Å². The molecule has 0 saturated carbocycles. The van der Waals surface area contributed by atoms with Crippen molar-refractivity contribution in [1.29, 1.82) is 0 Å². The summed E-state index contributed by atoms with van der Waals surface area (Å²) < 4.78 is 0. The quantitative estimate of drug-likeness (QED) is 0.329. The van der Waals surface area contributed by atoms with Gasteiger partial charge < -0.3 is 0 Å². The van der Waals surface area contributed by atoms with Gasteiger partial charge in [-0.2, -0.15) is 0 Å². The third-order valence-corrected chi connectivity index (χ3v) is 60.6. The maximum Gasteiger partial charge on any atom is 0.0992 e. The average molecular weight is 397 g/mol. The third-order valence-electron chi connectivity index (χ3n) is 5.87. The van der Waals surface area contributed by atoms with Gasteiger partial charge in [0.1, 0.15) is 0 Å². The molecule has 0 aromatic heterocycles. The van der Waals surface area contributed by atoms with Crippen LogP contribution in [0.2, 0.25) is 49.4 Å². The summed E-state index contributed by atoms with van der Waals surface area (Å²) in [6.45, 7) is 29.0. The average Bonchev–Trinajstić information content (AvgIpc) is 2.42. The Bertz CT molecular complexity index is 494. The lowest BCUT2D eigenvalue weighted by Crippen LogP contribution is -2.58. The summed E-state index contributed by atoms with van der Waals surface area (Å²) in [6.07, 6.45) is 0. The highest BCUT2D eigenvalue weighted by atomic mass is 31.8. The van der Waals surface area contributed by atoms with Crippen molar-refractivity contribution in [3.05, 3.63) is 30.3 Å². The summed E-state index contributed by atoms with van der Waals surface area (Å²) >= 11 is 0. The van der Waals surface area contributed by atoms with Crippen molar-refractivity contribution < 1.29 is 0 Å². The Kier molecular flexibility index (Phi) is 7.35.